The summed E-state index contributed by atoms with van der Waals surface area (Å²) in [6.07, 6.45) is 1.13. The SMILES string of the molecule is CNC(=O)[C@H](CN1CCC(c2ccccc2)CC1=O)NC(=O)c1ccc(OC(C)C)c(Cl)c1. The molecule has 1 aliphatic rings. The molecule has 0 bridgehead atoms. The molecule has 0 radical (unpaired) electrons. The van der Waals surface area contributed by atoms with Crippen molar-refractivity contribution in [3.8, 4) is 5.75 Å². The van der Waals surface area contributed by atoms with Gasteiger partial charge in [0.05, 0.1) is 11.1 Å². The second kappa shape index (κ2) is 11.2. The van der Waals surface area contributed by atoms with Crippen LogP contribution in [0.2, 0.25) is 5.02 Å². The Morgan fingerprint density at radius 3 is 2.52 bits per heavy atom. The van der Waals surface area contributed by atoms with E-state index in [0.29, 0.717) is 29.3 Å². The number of benzene rings is 2. The van der Waals surface area contributed by atoms with Gasteiger partial charge in [-0.15, -0.1) is 0 Å². The van der Waals surface area contributed by atoms with Gasteiger partial charge in [-0.3, -0.25) is 14.4 Å². The van der Waals surface area contributed by atoms with Gasteiger partial charge in [0.15, 0.2) is 0 Å². The number of carbonyl (C=O) groups is 3. The van der Waals surface area contributed by atoms with E-state index < -0.39 is 11.9 Å². The maximum Gasteiger partial charge on any atom is 0.252 e. The van der Waals surface area contributed by atoms with E-state index in [1.165, 1.54) is 13.1 Å². The Labute approximate surface area is 199 Å². The van der Waals surface area contributed by atoms with Crippen LogP contribution in [0.15, 0.2) is 48.5 Å². The van der Waals surface area contributed by atoms with Crippen molar-refractivity contribution in [3.63, 3.8) is 0 Å². The molecule has 1 aliphatic heterocycles. The predicted molar refractivity (Wildman–Crippen MR) is 128 cm³/mol. The zero-order valence-electron chi connectivity index (χ0n) is 19.1. The minimum absolute atomic E-state index is 0.0310. The summed E-state index contributed by atoms with van der Waals surface area (Å²) in [4.78, 5) is 39.8. The Morgan fingerprint density at radius 1 is 1.18 bits per heavy atom. The van der Waals surface area contributed by atoms with Crippen molar-refractivity contribution >= 4 is 29.3 Å². The fourth-order valence-corrected chi connectivity index (χ4v) is 4.13. The van der Waals surface area contributed by atoms with Crippen LogP contribution >= 0.6 is 11.6 Å². The topological polar surface area (TPSA) is 87.7 Å². The number of halogens is 1. The molecule has 0 spiro atoms. The molecule has 3 rings (SSSR count). The summed E-state index contributed by atoms with van der Waals surface area (Å²) in [5, 5.41) is 5.61. The predicted octanol–water partition coefficient (Wildman–Crippen LogP) is 3.38. The summed E-state index contributed by atoms with van der Waals surface area (Å²) in [7, 11) is 1.50. The number of nitrogens with one attached hydrogen (secondary N) is 2. The monoisotopic (exact) mass is 471 g/mol. The number of likely N-dealkylation sites (tertiary alicyclic amines) is 1. The molecule has 7 nitrogen and oxygen atoms in total. The van der Waals surface area contributed by atoms with Crippen LogP contribution in [0.1, 0.15) is 48.5 Å². The number of hydrogen-bond acceptors (Lipinski definition) is 4. The number of piperidine rings is 1. The molecule has 2 N–H and O–H groups in total. The van der Waals surface area contributed by atoms with Gasteiger partial charge in [0.2, 0.25) is 11.8 Å². The van der Waals surface area contributed by atoms with Crippen LogP contribution in [0.5, 0.6) is 5.75 Å². The van der Waals surface area contributed by atoms with Crippen molar-refractivity contribution in [2.75, 3.05) is 20.1 Å². The van der Waals surface area contributed by atoms with Crippen molar-refractivity contribution in [1.82, 2.24) is 15.5 Å². The van der Waals surface area contributed by atoms with Crippen LogP contribution in [0.25, 0.3) is 0 Å². The van der Waals surface area contributed by atoms with Crippen LogP contribution in [0.3, 0.4) is 0 Å². The van der Waals surface area contributed by atoms with Gasteiger partial charge in [0, 0.05) is 32.1 Å². The first-order valence-corrected chi connectivity index (χ1v) is 11.5. The highest BCUT2D eigenvalue weighted by Gasteiger charge is 2.31. The maximum atomic E-state index is 12.8. The summed E-state index contributed by atoms with van der Waals surface area (Å²) < 4.78 is 5.60. The normalized spacial score (nSPS) is 16.9. The van der Waals surface area contributed by atoms with Gasteiger partial charge < -0.3 is 20.3 Å². The van der Waals surface area contributed by atoms with E-state index in [2.05, 4.69) is 10.6 Å². The van der Waals surface area contributed by atoms with Crippen molar-refractivity contribution in [3.05, 3.63) is 64.7 Å². The largest absolute Gasteiger partial charge is 0.489 e. The van der Waals surface area contributed by atoms with E-state index in [0.717, 1.165) is 12.0 Å². The van der Waals surface area contributed by atoms with E-state index in [-0.39, 0.29) is 30.4 Å². The van der Waals surface area contributed by atoms with Gasteiger partial charge in [0.1, 0.15) is 11.8 Å². The van der Waals surface area contributed by atoms with Gasteiger partial charge in [-0.05, 0) is 49.9 Å². The second-order valence-electron chi connectivity index (χ2n) is 8.39. The number of amides is 3. The lowest BCUT2D eigenvalue weighted by Crippen LogP contribution is -2.54. The summed E-state index contributed by atoms with van der Waals surface area (Å²) in [6, 6.07) is 13.8. The molecule has 2 atom stereocenters. The quantitative estimate of drug-likeness (QED) is 0.617. The van der Waals surface area contributed by atoms with Gasteiger partial charge in [-0.2, -0.15) is 0 Å². The average molecular weight is 472 g/mol. The molecular weight excluding hydrogens is 442 g/mol. The van der Waals surface area contributed by atoms with E-state index in [1.54, 1.807) is 17.0 Å². The van der Waals surface area contributed by atoms with Crippen molar-refractivity contribution in [1.29, 1.82) is 0 Å². The Balaban J connectivity index is 1.66. The van der Waals surface area contributed by atoms with Crippen molar-refractivity contribution in [2.45, 2.75) is 44.8 Å². The fourth-order valence-electron chi connectivity index (χ4n) is 3.90. The van der Waals surface area contributed by atoms with Crippen LogP contribution in [0.4, 0.5) is 0 Å². The molecule has 2 aromatic carbocycles. The lowest BCUT2D eigenvalue weighted by Gasteiger charge is -2.34. The van der Waals surface area contributed by atoms with Gasteiger partial charge >= 0.3 is 0 Å². The Bertz CT molecular complexity index is 996. The maximum absolute atomic E-state index is 12.8. The number of rotatable bonds is 8. The molecule has 0 saturated carbocycles. The summed E-state index contributed by atoms with van der Waals surface area (Å²) in [6.45, 7) is 4.40. The van der Waals surface area contributed by atoms with Crippen molar-refractivity contribution in [2.24, 2.45) is 0 Å². The third-order valence-corrected chi connectivity index (χ3v) is 5.92. The first-order chi connectivity index (χ1) is 15.8. The third kappa shape index (κ3) is 6.48. The second-order valence-corrected chi connectivity index (χ2v) is 8.80. The molecule has 2 aromatic rings. The van der Waals surface area contributed by atoms with Crippen molar-refractivity contribution < 1.29 is 19.1 Å². The lowest BCUT2D eigenvalue weighted by atomic mass is 9.89. The highest BCUT2D eigenvalue weighted by atomic mass is 35.5. The molecule has 1 fully saturated rings. The molecule has 33 heavy (non-hydrogen) atoms. The number of ether oxygens (including phenoxy) is 1. The molecule has 8 heteroatoms. The van der Waals surface area contributed by atoms with E-state index >= 15 is 0 Å². The van der Waals surface area contributed by atoms with E-state index in [4.69, 9.17) is 16.3 Å². The summed E-state index contributed by atoms with van der Waals surface area (Å²) in [5.74, 6) is -0.202. The Kier molecular flexibility index (Phi) is 8.33. The molecule has 1 heterocycles. The standard InChI is InChI=1S/C25H30ClN3O4/c1-16(2)33-22-10-9-19(13-20(22)26)24(31)28-21(25(32)27-3)15-29-12-11-18(14-23(29)30)17-7-5-4-6-8-17/h4-10,13,16,18,21H,11-12,14-15H2,1-3H3,(H,27,32)(H,28,31)/t18?,21-/m0/s1. The Hall–Kier alpha value is -3.06. The Morgan fingerprint density at radius 2 is 1.91 bits per heavy atom. The van der Waals surface area contributed by atoms with Crippen LogP contribution in [-0.2, 0) is 9.59 Å². The molecule has 176 valence electrons. The number of nitrogens with zero attached hydrogens (tertiary/aromatic N) is 1. The number of carbonyl (C=O) groups excluding carboxylic acids is 3. The minimum Gasteiger partial charge on any atom is -0.489 e. The molecule has 3 amide bonds. The van der Waals surface area contributed by atoms with Crippen LogP contribution in [0, 0.1) is 0 Å². The first-order valence-electron chi connectivity index (χ1n) is 11.1. The first kappa shape index (κ1) is 24.6. The number of likely N-dealkylation sites (N-methyl/N-ethyl adjacent to an activating group) is 1. The minimum atomic E-state index is -0.884. The average Bonchev–Trinajstić information content (AvgIpc) is 2.80. The van der Waals surface area contributed by atoms with Gasteiger partial charge in [0.25, 0.3) is 5.91 Å². The molecule has 0 aliphatic carbocycles. The fraction of sp³-hybridized carbons (Fsp3) is 0.400. The van der Waals surface area contributed by atoms with E-state index in [1.807, 2.05) is 44.2 Å². The smallest absolute Gasteiger partial charge is 0.252 e. The summed E-state index contributed by atoms with van der Waals surface area (Å²) in [5.41, 5.74) is 1.45. The van der Waals surface area contributed by atoms with Gasteiger partial charge in [-0.1, -0.05) is 41.9 Å². The van der Waals surface area contributed by atoms with E-state index in [9.17, 15) is 14.4 Å². The third-order valence-electron chi connectivity index (χ3n) is 5.62. The molecule has 1 unspecified atom stereocenters. The highest BCUT2D eigenvalue weighted by Crippen LogP contribution is 2.29. The van der Waals surface area contributed by atoms with Crippen LogP contribution in [-0.4, -0.2) is 54.9 Å². The zero-order valence-corrected chi connectivity index (χ0v) is 19.9. The molecule has 0 aromatic heterocycles. The lowest BCUT2D eigenvalue weighted by molar-refractivity contribution is -0.135. The number of hydrogen-bond donors (Lipinski definition) is 2. The van der Waals surface area contributed by atoms with Gasteiger partial charge in [-0.25, -0.2) is 0 Å². The summed E-state index contributed by atoms with van der Waals surface area (Å²) >= 11 is 6.25. The molecular formula is C25H30ClN3O4. The van der Waals surface area contributed by atoms with Crippen LogP contribution < -0.4 is 15.4 Å². The molecule has 1 saturated heterocycles. The highest BCUT2D eigenvalue weighted by molar-refractivity contribution is 6.32. The zero-order chi connectivity index (χ0) is 24.0.